The smallest absolute Gasteiger partial charge is 0.122 e. The Morgan fingerprint density at radius 3 is 1.46 bits per heavy atom. The molecule has 0 aromatic heterocycles. The van der Waals surface area contributed by atoms with Crippen LogP contribution in [0, 0.1) is 11.8 Å². The molecule has 2 nitrogen and oxygen atoms in total. The SMILES string of the molecule is CC(C)CCCCCc1cc(O)cc(CCCCCC(C)C)c1O. The first kappa shape index (κ1) is 20.9. The Bertz CT molecular complexity index is 424. The molecule has 1 rings (SSSR count). The van der Waals surface area contributed by atoms with Gasteiger partial charge in [-0.1, -0.05) is 66.2 Å². The molecule has 0 aliphatic heterocycles. The van der Waals surface area contributed by atoms with Crippen molar-refractivity contribution in [2.75, 3.05) is 0 Å². The van der Waals surface area contributed by atoms with E-state index in [4.69, 9.17) is 0 Å². The van der Waals surface area contributed by atoms with Crippen LogP contribution < -0.4 is 0 Å². The van der Waals surface area contributed by atoms with Crippen LogP contribution in [0.15, 0.2) is 12.1 Å². The molecule has 0 aliphatic rings. The average molecular weight is 335 g/mol. The number of aryl methyl sites for hydroxylation is 2. The first-order valence-corrected chi connectivity index (χ1v) is 9.93. The molecular formula is C22H38O2. The number of hydrogen-bond donors (Lipinski definition) is 2. The Morgan fingerprint density at radius 2 is 1.08 bits per heavy atom. The van der Waals surface area contributed by atoms with E-state index in [1.807, 2.05) is 0 Å². The summed E-state index contributed by atoms with van der Waals surface area (Å²) >= 11 is 0. The standard InChI is InChI=1S/C22H38O2/c1-17(2)11-7-5-9-13-19-15-21(23)16-20(22(19)24)14-10-6-8-12-18(3)4/h15-18,23-24H,5-14H2,1-4H3. The fourth-order valence-corrected chi connectivity index (χ4v) is 3.21. The van der Waals surface area contributed by atoms with Crippen LogP contribution in [0.2, 0.25) is 0 Å². The highest BCUT2D eigenvalue weighted by atomic mass is 16.3. The van der Waals surface area contributed by atoms with Crippen LogP contribution in [-0.2, 0) is 12.8 Å². The van der Waals surface area contributed by atoms with Crippen molar-refractivity contribution < 1.29 is 10.2 Å². The lowest BCUT2D eigenvalue weighted by atomic mass is 9.97. The Hall–Kier alpha value is -1.18. The maximum Gasteiger partial charge on any atom is 0.122 e. The molecule has 0 heterocycles. The molecule has 0 amide bonds. The minimum absolute atomic E-state index is 0.294. The van der Waals surface area contributed by atoms with E-state index in [1.165, 1.54) is 38.5 Å². The van der Waals surface area contributed by atoms with Crippen molar-refractivity contribution in [3.63, 3.8) is 0 Å². The van der Waals surface area contributed by atoms with Gasteiger partial charge in [0.25, 0.3) is 0 Å². The summed E-state index contributed by atoms with van der Waals surface area (Å²) in [7, 11) is 0. The number of unbranched alkanes of at least 4 members (excludes halogenated alkanes) is 4. The van der Waals surface area contributed by atoms with Crippen LogP contribution in [0.1, 0.15) is 90.2 Å². The summed E-state index contributed by atoms with van der Waals surface area (Å²) in [5, 5.41) is 20.4. The number of phenols is 2. The zero-order chi connectivity index (χ0) is 17.9. The van der Waals surface area contributed by atoms with E-state index >= 15 is 0 Å². The Morgan fingerprint density at radius 1 is 0.667 bits per heavy atom. The predicted molar refractivity (Wildman–Crippen MR) is 104 cm³/mol. The predicted octanol–water partition coefficient (Wildman–Crippen LogP) is 6.62. The highest BCUT2D eigenvalue weighted by molar-refractivity contribution is 5.46. The quantitative estimate of drug-likeness (QED) is 0.333. The van der Waals surface area contributed by atoms with Crippen LogP contribution in [0.4, 0.5) is 0 Å². The van der Waals surface area contributed by atoms with Crippen molar-refractivity contribution in [1.82, 2.24) is 0 Å². The van der Waals surface area contributed by atoms with Crippen molar-refractivity contribution in [1.29, 1.82) is 0 Å². The highest BCUT2D eigenvalue weighted by Gasteiger charge is 2.10. The summed E-state index contributed by atoms with van der Waals surface area (Å²) in [6, 6.07) is 3.47. The number of rotatable bonds is 12. The zero-order valence-electron chi connectivity index (χ0n) is 16.3. The normalized spacial score (nSPS) is 11.6. The van der Waals surface area contributed by atoms with Gasteiger partial charge in [0.1, 0.15) is 11.5 Å². The van der Waals surface area contributed by atoms with Crippen molar-refractivity contribution in [2.45, 2.75) is 91.9 Å². The minimum atomic E-state index is 0.294. The number of aromatic hydroxyl groups is 2. The van der Waals surface area contributed by atoms with Gasteiger partial charge in [-0.2, -0.15) is 0 Å². The molecule has 24 heavy (non-hydrogen) atoms. The van der Waals surface area contributed by atoms with Crippen LogP contribution >= 0.6 is 0 Å². The molecular weight excluding hydrogens is 296 g/mol. The van der Waals surface area contributed by atoms with E-state index in [-0.39, 0.29) is 0 Å². The van der Waals surface area contributed by atoms with Crippen LogP contribution in [-0.4, -0.2) is 10.2 Å². The van der Waals surface area contributed by atoms with E-state index in [9.17, 15) is 10.2 Å². The fourth-order valence-electron chi connectivity index (χ4n) is 3.21. The van der Waals surface area contributed by atoms with Gasteiger partial charge < -0.3 is 10.2 Å². The topological polar surface area (TPSA) is 40.5 Å². The fraction of sp³-hybridized carbons (Fsp3) is 0.727. The minimum Gasteiger partial charge on any atom is -0.508 e. The summed E-state index contributed by atoms with van der Waals surface area (Å²) in [5.74, 6) is 2.24. The van der Waals surface area contributed by atoms with Gasteiger partial charge in [0.05, 0.1) is 0 Å². The van der Waals surface area contributed by atoms with E-state index in [1.54, 1.807) is 12.1 Å². The van der Waals surface area contributed by atoms with Gasteiger partial charge in [0.15, 0.2) is 0 Å². The molecule has 0 radical (unpaired) electrons. The molecule has 2 heteroatoms. The van der Waals surface area contributed by atoms with E-state index < -0.39 is 0 Å². The molecule has 0 fully saturated rings. The van der Waals surface area contributed by atoms with Gasteiger partial charge in [-0.3, -0.25) is 0 Å². The maximum absolute atomic E-state index is 10.5. The number of phenolic OH excluding ortho intramolecular Hbond substituents is 2. The lowest BCUT2D eigenvalue weighted by molar-refractivity contribution is 0.443. The zero-order valence-corrected chi connectivity index (χ0v) is 16.3. The summed E-state index contributed by atoms with van der Waals surface area (Å²) < 4.78 is 0. The molecule has 0 aliphatic carbocycles. The van der Waals surface area contributed by atoms with Crippen molar-refractivity contribution in [2.24, 2.45) is 11.8 Å². The third kappa shape index (κ3) is 8.61. The summed E-state index contributed by atoms with van der Waals surface area (Å²) in [6.07, 6.45) is 11.3. The van der Waals surface area contributed by atoms with Gasteiger partial charge in [0.2, 0.25) is 0 Å². The largest absolute Gasteiger partial charge is 0.508 e. The number of hydrogen-bond acceptors (Lipinski definition) is 2. The molecule has 2 N–H and O–H groups in total. The second-order valence-electron chi connectivity index (χ2n) is 8.10. The van der Waals surface area contributed by atoms with Gasteiger partial charge in [0, 0.05) is 0 Å². The third-order valence-electron chi connectivity index (χ3n) is 4.71. The Labute approximate surface area is 149 Å². The monoisotopic (exact) mass is 334 g/mol. The summed E-state index contributed by atoms with van der Waals surface area (Å²) in [4.78, 5) is 0. The molecule has 0 saturated heterocycles. The Balaban J connectivity index is 2.45. The summed E-state index contributed by atoms with van der Waals surface area (Å²) in [6.45, 7) is 9.03. The third-order valence-corrected chi connectivity index (χ3v) is 4.71. The van der Waals surface area contributed by atoms with Gasteiger partial charge >= 0.3 is 0 Å². The van der Waals surface area contributed by atoms with Gasteiger partial charge in [-0.05, 0) is 60.8 Å². The molecule has 0 saturated carbocycles. The van der Waals surface area contributed by atoms with Crippen LogP contribution in [0.5, 0.6) is 11.5 Å². The molecule has 0 unspecified atom stereocenters. The second-order valence-corrected chi connectivity index (χ2v) is 8.10. The lowest BCUT2D eigenvalue weighted by Crippen LogP contribution is -1.95. The van der Waals surface area contributed by atoms with Crippen LogP contribution in [0.25, 0.3) is 0 Å². The van der Waals surface area contributed by atoms with Crippen molar-refractivity contribution in [3.05, 3.63) is 23.3 Å². The lowest BCUT2D eigenvalue weighted by Gasteiger charge is -2.12. The first-order valence-electron chi connectivity index (χ1n) is 9.93. The van der Waals surface area contributed by atoms with Crippen LogP contribution in [0.3, 0.4) is 0 Å². The molecule has 138 valence electrons. The van der Waals surface area contributed by atoms with Gasteiger partial charge in [-0.25, -0.2) is 0 Å². The number of benzene rings is 1. The molecule has 0 atom stereocenters. The van der Waals surface area contributed by atoms with E-state index in [0.29, 0.717) is 11.5 Å². The van der Waals surface area contributed by atoms with E-state index in [0.717, 1.165) is 48.6 Å². The molecule has 0 bridgehead atoms. The van der Waals surface area contributed by atoms with E-state index in [2.05, 4.69) is 27.7 Å². The molecule has 1 aromatic rings. The summed E-state index contributed by atoms with van der Waals surface area (Å²) in [5.41, 5.74) is 1.83. The first-order chi connectivity index (χ1) is 11.4. The Kier molecular flexibility index (Phi) is 9.90. The van der Waals surface area contributed by atoms with Gasteiger partial charge in [-0.15, -0.1) is 0 Å². The average Bonchev–Trinajstić information content (AvgIpc) is 2.49. The second kappa shape index (κ2) is 11.4. The van der Waals surface area contributed by atoms with Crippen molar-refractivity contribution >= 4 is 0 Å². The van der Waals surface area contributed by atoms with Crippen molar-refractivity contribution in [3.8, 4) is 11.5 Å². The highest BCUT2D eigenvalue weighted by Crippen LogP contribution is 2.30. The molecule has 1 aromatic carbocycles. The maximum atomic E-state index is 10.5. The molecule has 0 spiro atoms.